The Morgan fingerprint density at radius 1 is 1.07 bits per heavy atom. The van der Waals surface area contributed by atoms with Crippen LogP contribution in [0, 0.1) is 6.92 Å². The first-order valence-electron chi connectivity index (χ1n) is 10.3. The monoisotopic (exact) mass is 428 g/mol. The largest absolute Gasteiger partial charge is 0.387 e. The third-order valence-electron chi connectivity index (χ3n) is 5.90. The van der Waals surface area contributed by atoms with E-state index in [9.17, 15) is 5.11 Å². The lowest BCUT2D eigenvalue weighted by Gasteiger charge is -2.25. The molecule has 1 unspecified atom stereocenters. The fourth-order valence-corrected chi connectivity index (χ4v) is 4.45. The summed E-state index contributed by atoms with van der Waals surface area (Å²) in [5.74, 6) is 0. The van der Waals surface area contributed by atoms with Gasteiger partial charge in [-0.3, -0.25) is 0 Å². The second-order valence-electron chi connectivity index (χ2n) is 7.93. The Morgan fingerprint density at radius 2 is 1.79 bits per heavy atom. The average molecular weight is 429 g/mol. The number of fused-ring (bicyclic) bond motifs is 1. The van der Waals surface area contributed by atoms with Gasteiger partial charge in [0.15, 0.2) is 0 Å². The standard InChI is InChI=1S/C24H26Cl2N2O/c1-15-21(26)12-11-19-20(23(29)14-27-18-5-3-2-4-6-18)13-22(28-24(15)19)16-7-9-17(25)10-8-16/h7-13,18,23,27,29H,2-6,14H2,1H3. The van der Waals surface area contributed by atoms with Crippen molar-refractivity contribution in [2.24, 2.45) is 0 Å². The summed E-state index contributed by atoms with van der Waals surface area (Å²) in [6, 6.07) is 13.9. The lowest BCUT2D eigenvalue weighted by Crippen LogP contribution is -2.34. The molecule has 0 radical (unpaired) electrons. The lowest BCUT2D eigenvalue weighted by atomic mass is 9.94. The van der Waals surface area contributed by atoms with Crippen molar-refractivity contribution in [3.63, 3.8) is 0 Å². The molecule has 1 heterocycles. The molecule has 3 aromatic rings. The van der Waals surface area contributed by atoms with Gasteiger partial charge in [-0.1, -0.05) is 60.7 Å². The van der Waals surface area contributed by atoms with E-state index in [0.29, 0.717) is 22.6 Å². The third-order valence-corrected chi connectivity index (χ3v) is 6.57. The maximum absolute atomic E-state index is 11.1. The number of benzene rings is 2. The maximum Gasteiger partial charge on any atom is 0.0921 e. The summed E-state index contributed by atoms with van der Waals surface area (Å²) < 4.78 is 0. The normalized spacial score (nSPS) is 16.3. The highest BCUT2D eigenvalue weighted by atomic mass is 35.5. The molecule has 2 N–H and O–H groups in total. The predicted octanol–water partition coefficient (Wildman–Crippen LogP) is 6.47. The Morgan fingerprint density at radius 3 is 2.52 bits per heavy atom. The van der Waals surface area contributed by atoms with Crippen molar-refractivity contribution in [3.8, 4) is 11.3 Å². The molecule has 2 aromatic carbocycles. The van der Waals surface area contributed by atoms with Crippen molar-refractivity contribution >= 4 is 34.1 Å². The van der Waals surface area contributed by atoms with E-state index >= 15 is 0 Å². The van der Waals surface area contributed by atoms with Crippen molar-refractivity contribution in [3.05, 3.63) is 63.6 Å². The zero-order valence-corrected chi connectivity index (χ0v) is 18.1. The number of hydrogen-bond donors (Lipinski definition) is 2. The minimum absolute atomic E-state index is 0.499. The molecule has 1 aliphatic carbocycles. The summed E-state index contributed by atoms with van der Waals surface area (Å²) in [7, 11) is 0. The van der Waals surface area contributed by atoms with E-state index in [1.54, 1.807) is 0 Å². The highest BCUT2D eigenvalue weighted by Crippen LogP contribution is 2.33. The van der Waals surface area contributed by atoms with Crippen LogP contribution in [0.1, 0.15) is 49.3 Å². The zero-order valence-electron chi connectivity index (χ0n) is 16.6. The van der Waals surface area contributed by atoms with Crippen LogP contribution in [0.2, 0.25) is 10.0 Å². The zero-order chi connectivity index (χ0) is 20.4. The van der Waals surface area contributed by atoms with Crippen LogP contribution in [0.5, 0.6) is 0 Å². The van der Waals surface area contributed by atoms with Crippen LogP contribution >= 0.6 is 23.2 Å². The topological polar surface area (TPSA) is 45.1 Å². The first kappa shape index (κ1) is 20.6. The number of nitrogens with zero attached hydrogens (tertiary/aromatic N) is 1. The minimum atomic E-state index is -0.617. The molecular formula is C24H26Cl2N2O. The summed E-state index contributed by atoms with van der Waals surface area (Å²) in [5, 5.41) is 17.0. The molecule has 0 saturated heterocycles. The van der Waals surface area contributed by atoms with Crippen LogP contribution in [0.15, 0.2) is 42.5 Å². The van der Waals surface area contributed by atoms with Crippen molar-refractivity contribution in [1.29, 1.82) is 0 Å². The van der Waals surface area contributed by atoms with E-state index < -0.39 is 6.10 Å². The molecule has 1 aliphatic rings. The molecule has 0 aliphatic heterocycles. The molecule has 1 aromatic heterocycles. The van der Waals surface area contributed by atoms with Gasteiger partial charge in [-0.25, -0.2) is 4.98 Å². The number of pyridine rings is 1. The molecule has 0 amide bonds. The maximum atomic E-state index is 11.1. The number of nitrogens with one attached hydrogen (secondary N) is 1. The molecule has 152 valence electrons. The number of aryl methyl sites for hydroxylation is 1. The van der Waals surface area contributed by atoms with Crippen LogP contribution in [-0.2, 0) is 0 Å². The number of rotatable bonds is 5. The molecule has 4 rings (SSSR count). The molecule has 3 nitrogen and oxygen atoms in total. The summed E-state index contributed by atoms with van der Waals surface area (Å²) in [4.78, 5) is 4.87. The second kappa shape index (κ2) is 9.01. The lowest BCUT2D eigenvalue weighted by molar-refractivity contribution is 0.167. The van der Waals surface area contributed by atoms with E-state index in [2.05, 4.69) is 5.32 Å². The Bertz CT molecular complexity index is 998. The molecule has 1 saturated carbocycles. The Labute approximate surface area is 182 Å². The smallest absolute Gasteiger partial charge is 0.0921 e. The molecule has 29 heavy (non-hydrogen) atoms. The van der Waals surface area contributed by atoms with Gasteiger partial charge in [0.25, 0.3) is 0 Å². The van der Waals surface area contributed by atoms with Crippen LogP contribution in [-0.4, -0.2) is 22.7 Å². The first-order valence-corrected chi connectivity index (χ1v) is 11.1. The van der Waals surface area contributed by atoms with Gasteiger partial charge in [0, 0.05) is 33.6 Å². The number of aliphatic hydroxyl groups is 1. The summed E-state index contributed by atoms with van der Waals surface area (Å²) in [6.45, 7) is 2.51. The Balaban J connectivity index is 1.72. The second-order valence-corrected chi connectivity index (χ2v) is 8.77. The molecule has 0 spiro atoms. The molecule has 5 heteroatoms. The van der Waals surface area contributed by atoms with E-state index in [0.717, 1.165) is 33.3 Å². The van der Waals surface area contributed by atoms with Gasteiger partial charge < -0.3 is 10.4 Å². The summed E-state index contributed by atoms with van der Waals surface area (Å²) in [5.41, 5.74) is 4.41. The van der Waals surface area contributed by atoms with Crippen molar-refractivity contribution in [2.75, 3.05) is 6.54 Å². The van der Waals surface area contributed by atoms with Gasteiger partial charge >= 0.3 is 0 Å². The number of halogens is 2. The highest BCUT2D eigenvalue weighted by Gasteiger charge is 2.19. The summed E-state index contributed by atoms with van der Waals surface area (Å²) >= 11 is 12.4. The van der Waals surface area contributed by atoms with E-state index in [4.69, 9.17) is 28.2 Å². The summed E-state index contributed by atoms with van der Waals surface area (Å²) in [6.07, 6.45) is 5.62. The van der Waals surface area contributed by atoms with Gasteiger partial charge in [0.1, 0.15) is 0 Å². The van der Waals surface area contributed by atoms with Crippen LogP contribution in [0.4, 0.5) is 0 Å². The Kier molecular flexibility index (Phi) is 6.41. The molecule has 1 atom stereocenters. The number of aliphatic hydroxyl groups excluding tert-OH is 1. The van der Waals surface area contributed by atoms with Crippen molar-refractivity contribution in [1.82, 2.24) is 10.3 Å². The van der Waals surface area contributed by atoms with Gasteiger partial charge in [-0.2, -0.15) is 0 Å². The van der Waals surface area contributed by atoms with Crippen LogP contribution in [0.3, 0.4) is 0 Å². The Hall–Kier alpha value is -1.65. The first-order chi connectivity index (χ1) is 14.0. The molecular weight excluding hydrogens is 403 g/mol. The van der Waals surface area contributed by atoms with Gasteiger partial charge in [0.2, 0.25) is 0 Å². The fraction of sp³-hybridized carbons (Fsp3) is 0.375. The number of hydrogen-bond acceptors (Lipinski definition) is 3. The predicted molar refractivity (Wildman–Crippen MR) is 122 cm³/mol. The SMILES string of the molecule is Cc1c(Cl)ccc2c(C(O)CNC3CCCCC3)cc(-c3ccc(Cl)cc3)nc12. The highest BCUT2D eigenvalue weighted by molar-refractivity contribution is 6.32. The average Bonchev–Trinajstić information content (AvgIpc) is 2.75. The van der Waals surface area contributed by atoms with E-state index in [1.807, 2.05) is 49.4 Å². The van der Waals surface area contributed by atoms with Crippen LogP contribution in [0.25, 0.3) is 22.2 Å². The van der Waals surface area contributed by atoms with Gasteiger partial charge in [-0.05, 0) is 55.2 Å². The molecule has 0 bridgehead atoms. The quantitative estimate of drug-likeness (QED) is 0.488. The third kappa shape index (κ3) is 4.59. The van der Waals surface area contributed by atoms with E-state index in [-0.39, 0.29) is 0 Å². The van der Waals surface area contributed by atoms with Crippen molar-refractivity contribution < 1.29 is 5.11 Å². The fourth-order valence-electron chi connectivity index (χ4n) is 4.17. The van der Waals surface area contributed by atoms with Gasteiger partial charge in [-0.15, -0.1) is 0 Å². The molecule has 1 fully saturated rings. The van der Waals surface area contributed by atoms with E-state index in [1.165, 1.54) is 32.1 Å². The number of aromatic nitrogens is 1. The minimum Gasteiger partial charge on any atom is -0.387 e. The van der Waals surface area contributed by atoms with Crippen molar-refractivity contribution in [2.45, 2.75) is 51.2 Å². The van der Waals surface area contributed by atoms with Crippen LogP contribution < -0.4 is 5.32 Å². The van der Waals surface area contributed by atoms with Gasteiger partial charge in [0.05, 0.1) is 17.3 Å².